The third kappa shape index (κ3) is 4.12. The predicted molar refractivity (Wildman–Crippen MR) is 71.8 cm³/mol. The Morgan fingerprint density at radius 1 is 1.29 bits per heavy atom. The summed E-state index contributed by atoms with van der Waals surface area (Å²) < 4.78 is 13.2. The molecule has 0 aliphatic heterocycles. The van der Waals surface area contributed by atoms with Gasteiger partial charge in [0.05, 0.1) is 0 Å². The van der Waals surface area contributed by atoms with Crippen molar-refractivity contribution in [1.82, 2.24) is 5.32 Å². The van der Waals surface area contributed by atoms with Gasteiger partial charge in [0, 0.05) is 6.04 Å². The summed E-state index contributed by atoms with van der Waals surface area (Å²) in [6.07, 6.45) is 1.96. The van der Waals surface area contributed by atoms with Crippen LogP contribution in [-0.2, 0) is 6.42 Å². The van der Waals surface area contributed by atoms with Gasteiger partial charge in [-0.15, -0.1) is 0 Å². The summed E-state index contributed by atoms with van der Waals surface area (Å²) in [6.45, 7) is 8.73. The Bertz CT molecular complexity index is 366. The molecule has 1 rings (SSSR count). The van der Waals surface area contributed by atoms with Crippen LogP contribution in [0.15, 0.2) is 18.2 Å². The monoisotopic (exact) mass is 237 g/mol. The lowest BCUT2D eigenvalue weighted by Gasteiger charge is -2.30. The first-order chi connectivity index (χ1) is 7.84. The van der Waals surface area contributed by atoms with Crippen LogP contribution in [0, 0.1) is 18.2 Å². The molecule has 17 heavy (non-hydrogen) atoms. The highest BCUT2D eigenvalue weighted by Crippen LogP contribution is 2.23. The highest BCUT2D eigenvalue weighted by Gasteiger charge is 2.22. The van der Waals surface area contributed by atoms with Crippen molar-refractivity contribution in [2.45, 2.75) is 46.6 Å². The zero-order valence-electron chi connectivity index (χ0n) is 11.6. The molecule has 0 heterocycles. The number of hydrogen-bond donors (Lipinski definition) is 1. The van der Waals surface area contributed by atoms with Crippen LogP contribution in [0.3, 0.4) is 0 Å². The largest absolute Gasteiger partial charge is 0.316 e. The summed E-state index contributed by atoms with van der Waals surface area (Å²) in [7, 11) is 1.99. The molecular weight excluding hydrogens is 213 g/mol. The van der Waals surface area contributed by atoms with E-state index in [9.17, 15) is 4.39 Å². The lowest BCUT2D eigenvalue weighted by atomic mass is 9.83. The van der Waals surface area contributed by atoms with Crippen LogP contribution in [0.5, 0.6) is 0 Å². The first kappa shape index (κ1) is 14.2. The molecule has 96 valence electrons. The van der Waals surface area contributed by atoms with E-state index in [1.54, 1.807) is 6.07 Å². The third-order valence-electron chi connectivity index (χ3n) is 3.41. The minimum atomic E-state index is -0.137. The molecule has 0 aliphatic rings. The van der Waals surface area contributed by atoms with Gasteiger partial charge in [-0.05, 0) is 55.5 Å². The average Bonchev–Trinajstić information content (AvgIpc) is 2.22. The Kier molecular flexibility index (Phi) is 4.70. The maximum atomic E-state index is 13.2. The topological polar surface area (TPSA) is 12.0 Å². The minimum Gasteiger partial charge on any atom is -0.316 e. The van der Waals surface area contributed by atoms with E-state index >= 15 is 0 Å². The SMILES string of the molecule is CNC(CCc1cc(F)ccc1C)C(C)(C)C. The normalized spacial score (nSPS) is 13.8. The first-order valence-corrected chi connectivity index (χ1v) is 6.27. The van der Waals surface area contributed by atoms with Crippen molar-refractivity contribution in [2.75, 3.05) is 7.05 Å². The van der Waals surface area contributed by atoms with Gasteiger partial charge in [-0.1, -0.05) is 26.8 Å². The van der Waals surface area contributed by atoms with Crippen molar-refractivity contribution in [2.24, 2.45) is 5.41 Å². The Morgan fingerprint density at radius 3 is 2.47 bits per heavy atom. The number of halogens is 1. The molecule has 1 nitrogen and oxygen atoms in total. The van der Waals surface area contributed by atoms with Crippen molar-refractivity contribution in [1.29, 1.82) is 0 Å². The molecule has 0 saturated heterocycles. The number of benzene rings is 1. The van der Waals surface area contributed by atoms with Crippen LogP contribution in [-0.4, -0.2) is 13.1 Å². The van der Waals surface area contributed by atoms with E-state index in [0.29, 0.717) is 6.04 Å². The van der Waals surface area contributed by atoms with E-state index in [-0.39, 0.29) is 11.2 Å². The van der Waals surface area contributed by atoms with Gasteiger partial charge in [0.25, 0.3) is 0 Å². The molecule has 0 aliphatic carbocycles. The van der Waals surface area contributed by atoms with Gasteiger partial charge in [-0.2, -0.15) is 0 Å². The summed E-state index contributed by atoms with van der Waals surface area (Å²) in [4.78, 5) is 0. The van der Waals surface area contributed by atoms with Crippen molar-refractivity contribution < 1.29 is 4.39 Å². The summed E-state index contributed by atoms with van der Waals surface area (Å²) in [5.41, 5.74) is 2.53. The second-order valence-corrected chi connectivity index (χ2v) is 5.82. The first-order valence-electron chi connectivity index (χ1n) is 6.27. The fourth-order valence-electron chi connectivity index (χ4n) is 2.22. The van der Waals surface area contributed by atoms with Crippen molar-refractivity contribution >= 4 is 0 Å². The Balaban J connectivity index is 2.69. The number of aryl methyl sites for hydroxylation is 2. The van der Waals surface area contributed by atoms with Crippen LogP contribution in [0.25, 0.3) is 0 Å². The molecule has 0 aromatic heterocycles. The van der Waals surface area contributed by atoms with Gasteiger partial charge in [0.1, 0.15) is 5.82 Å². The molecule has 0 saturated carbocycles. The van der Waals surface area contributed by atoms with Crippen molar-refractivity contribution in [3.05, 3.63) is 35.1 Å². The third-order valence-corrected chi connectivity index (χ3v) is 3.41. The molecule has 2 heteroatoms. The lowest BCUT2D eigenvalue weighted by molar-refractivity contribution is 0.268. The van der Waals surface area contributed by atoms with Crippen molar-refractivity contribution in [3.8, 4) is 0 Å². The average molecular weight is 237 g/mol. The van der Waals surface area contributed by atoms with Gasteiger partial charge in [-0.3, -0.25) is 0 Å². The molecule has 1 N–H and O–H groups in total. The summed E-state index contributed by atoms with van der Waals surface area (Å²) in [5, 5.41) is 3.35. The van der Waals surface area contributed by atoms with Crippen LogP contribution in [0.4, 0.5) is 4.39 Å². The van der Waals surface area contributed by atoms with E-state index in [0.717, 1.165) is 18.4 Å². The molecule has 0 bridgehead atoms. The Labute approximate surface area is 104 Å². The molecule has 0 radical (unpaired) electrons. The van der Waals surface area contributed by atoms with Crippen molar-refractivity contribution in [3.63, 3.8) is 0 Å². The van der Waals surface area contributed by atoms with E-state index in [2.05, 4.69) is 26.1 Å². The van der Waals surface area contributed by atoms with Gasteiger partial charge < -0.3 is 5.32 Å². The maximum Gasteiger partial charge on any atom is 0.123 e. The Hall–Kier alpha value is -0.890. The standard InChI is InChI=1S/C15H24FN/c1-11-6-8-13(16)10-12(11)7-9-14(17-5)15(2,3)4/h6,8,10,14,17H,7,9H2,1-5H3. The molecule has 0 spiro atoms. The molecule has 1 unspecified atom stereocenters. The van der Waals surface area contributed by atoms with Gasteiger partial charge in [-0.25, -0.2) is 4.39 Å². The second kappa shape index (κ2) is 5.63. The molecular formula is C15H24FN. The molecule has 0 fully saturated rings. The highest BCUT2D eigenvalue weighted by molar-refractivity contribution is 5.26. The van der Waals surface area contributed by atoms with Crippen LogP contribution in [0.1, 0.15) is 38.3 Å². The number of rotatable bonds is 4. The van der Waals surface area contributed by atoms with E-state index in [4.69, 9.17) is 0 Å². The quantitative estimate of drug-likeness (QED) is 0.842. The minimum absolute atomic E-state index is 0.137. The second-order valence-electron chi connectivity index (χ2n) is 5.82. The summed E-state index contributed by atoms with van der Waals surface area (Å²) >= 11 is 0. The van der Waals surface area contributed by atoms with Crippen LogP contribution in [0.2, 0.25) is 0 Å². The van der Waals surface area contributed by atoms with E-state index in [1.807, 2.05) is 20.0 Å². The smallest absolute Gasteiger partial charge is 0.123 e. The predicted octanol–water partition coefficient (Wildman–Crippen LogP) is 3.70. The molecule has 1 aromatic rings. The summed E-state index contributed by atoms with van der Waals surface area (Å²) in [5.74, 6) is -0.137. The molecule has 0 amide bonds. The zero-order chi connectivity index (χ0) is 13.1. The fraction of sp³-hybridized carbons (Fsp3) is 0.600. The Morgan fingerprint density at radius 2 is 1.94 bits per heavy atom. The molecule has 1 atom stereocenters. The number of hydrogen-bond acceptors (Lipinski definition) is 1. The zero-order valence-corrected chi connectivity index (χ0v) is 11.6. The van der Waals surface area contributed by atoms with Gasteiger partial charge in [0.15, 0.2) is 0 Å². The van der Waals surface area contributed by atoms with Crippen LogP contribution >= 0.6 is 0 Å². The highest BCUT2D eigenvalue weighted by atomic mass is 19.1. The van der Waals surface area contributed by atoms with Gasteiger partial charge in [0.2, 0.25) is 0 Å². The maximum absolute atomic E-state index is 13.2. The van der Waals surface area contributed by atoms with E-state index < -0.39 is 0 Å². The van der Waals surface area contributed by atoms with E-state index in [1.165, 1.54) is 11.6 Å². The van der Waals surface area contributed by atoms with Crippen LogP contribution < -0.4 is 5.32 Å². The fourth-order valence-corrected chi connectivity index (χ4v) is 2.22. The number of nitrogens with one attached hydrogen (secondary N) is 1. The lowest BCUT2D eigenvalue weighted by Crippen LogP contribution is -2.38. The summed E-state index contributed by atoms with van der Waals surface area (Å²) in [6, 6.07) is 5.49. The van der Waals surface area contributed by atoms with Gasteiger partial charge >= 0.3 is 0 Å². The molecule has 1 aromatic carbocycles.